The van der Waals surface area contributed by atoms with Crippen LogP contribution in [0.2, 0.25) is 0 Å². The SMILES string of the molecule is CNC(CCO)CN(C)C. The number of likely N-dealkylation sites (N-methyl/N-ethyl adjacent to an activating group) is 2. The third kappa shape index (κ3) is 4.73. The van der Waals surface area contributed by atoms with E-state index >= 15 is 0 Å². The minimum Gasteiger partial charge on any atom is -0.396 e. The zero-order valence-corrected chi connectivity index (χ0v) is 7.09. The molecule has 1 unspecified atom stereocenters. The molecule has 0 fully saturated rings. The first-order valence-corrected chi connectivity index (χ1v) is 3.63. The Morgan fingerprint density at radius 3 is 2.40 bits per heavy atom. The van der Waals surface area contributed by atoms with Crippen molar-refractivity contribution in [1.82, 2.24) is 10.2 Å². The van der Waals surface area contributed by atoms with Gasteiger partial charge in [-0.05, 0) is 27.6 Å². The molecule has 0 amide bonds. The van der Waals surface area contributed by atoms with Gasteiger partial charge in [-0.2, -0.15) is 0 Å². The quantitative estimate of drug-likeness (QED) is 0.550. The molecule has 0 aromatic carbocycles. The predicted octanol–water partition coefficient (Wildman–Crippen LogP) is -0.482. The Kier molecular flexibility index (Phi) is 5.58. The van der Waals surface area contributed by atoms with Crippen LogP contribution in [0.3, 0.4) is 0 Å². The summed E-state index contributed by atoms with van der Waals surface area (Å²) in [5, 5.41) is 11.8. The molecule has 3 nitrogen and oxygen atoms in total. The summed E-state index contributed by atoms with van der Waals surface area (Å²) in [6, 6.07) is 0.417. The highest BCUT2D eigenvalue weighted by molar-refractivity contribution is 4.65. The molecule has 0 radical (unpaired) electrons. The maximum atomic E-state index is 8.62. The van der Waals surface area contributed by atoms with Crippen molar-refractivity contribution < 1.29 is 5.11 Å². The monoisotopic (exact) mass is 146 g/mol. The molecule has 10 heavy (non-hydrogen) atoms. The summed E-state index contributed by atoms with van der Waals surface area (Å²) in [6.07, 6.45) is 0.828. The zero-order chi connectivity index (χ0) is 7.98. The Morgan fingerprint density at radius 2 is 2.10 bits per heavy atom. The first kappa shape index (κ1) is 9.88. The van der Waals surface area contributed by atoms with Gasteiger partial charge in [0.25, 0.3) is 0 Å². The van der Waals surface area contributed by atoms with E-state index in [1.165, 1.54) is 0 Å². The van der Waals surface area contributed by atoms with E-state index in [9.17, 15) is 0 Å². The number of hydrogen-bond donors (Lipinski definition) is 2. The molecule has 2 N–H and O–H groups in total. The van der Waals surface area contributed by atoms with Crippen LogP contribution in [0.25, 0.3) is 0 Å². The van der Waals surface area contributed by atoms with Crippen molar-refractivity contribution in [3.05, 3.63) is 0 Å². The van der Waals surface area contributed by atoms with Crippen LogP contribution in [0.4, 0.5) is 0 Å². The lowest BCUT2D eigenvalue weighted by Gasteiger charge is -2.19. The summed E-state index contributed by atoms with van der Waals surface area (Å²) in [5.41, 5.74) is 0. The maximum absolute atomic E-state index is 8.62. The second kappa shape index (κ2) is 5.65. The second-order valence-corrected chi connectivity index (χ2v) is 2.76. The van der Waals surface area contributed by atoms with E-state index in [0.717, 1.165) is 13.0 Å². The summed E-state index contributed by atoms with van der Waals surface area (Å²) in [4.78, 5) is 2.11. The van der Waals surface area contributed by atoms with Gasteiger partial charge in [0.15, 0.2) is 0 Å². The molecule has 3 heteroatoms. The van der Waals surface area contributed by atoms with Gasteiger partial charge < -0.3 is 15.3 Å². The second-order valence-electron chi connectivity index (χ2n) is 2.76. The number of rotatable bonds is 5. The van der Waals surface area contributed by atoms with Crippen LogP contribution in [-0.2, 0) is 0 Å². The molecule has 0 aromatic heterocycles. The van der Waals surface area contributed by atoms with Gasteiger partial charge in [-0.15, -0.1) is 0 Å². The number of nitrogens with one attached hydrogen (secondary N) is 1. The Morgan fingerprint density at radius 1 is 1.50 bits per heavy atom. The average Bonchev–Trinajstić information content (AvgIpc) is 1.86. The highest BCUT2D eigenvalue weighted by Crippen LogP contribution is 1.90. The van der Waals surface area contributed by atoms with E-state index in [4.69, 9.17) is 5.11 Å². The van der Waals surface area contributed by atoms with Crippen molar-refractivity contribution >= 4 is 0 Å². The van der Waals surface area contributed by atoms with Gasteiger partial charge >= 0.3 is 0 Å². The molecule has 0 saturated carbocycles. The van der Waals surface area contributed by atoms with Crippen molar-refractivity contribution in [3.63, 3.8) is 0 Å². The number of nitrogens with zero attached hydrogens (tertiary/aromatic N) is 1. The van der Waals surface area contributed by atoms with E-state index in [2.05, 4.69) is 10.2 Å². The van der Waals surface area contributed by atoms with E-state index < -0.39 is 0 Å². The minimum absolute atomic E-state index is 0.263. The summed E-state index contributed by atoms with van der Waals surface area (Å²) in [6.45, 7) is 1.25. The Bertz CT molecular complexity index is 76.0. The fraction of sp³-hybridized carbons (Fsp3) is 1.00. The zero-order valence-electron chi connectivity index (χ0n) is 7.09. The van der Waals surface area contributed by atoms with Gasteiger partial charge in [-0.25, -0.2) is 0 Å². The van der Waals surface area contributed by atoms with Gasteiger partial charge in [0, 0.05) is 19.2 Å². The van der Waals surface area contributed by atoms with Gasteiger partial charge in [0.1, 0.15) is 0 Å². The van der Waals surface area contributed by atoms with E-state index in [0.29, 0.717) is 6.04 Å². The van der Waals surface area contributed by atoms with E-state index in [-0.39, 0.29) is 6.61 Å². The van der Waals surface area contributed by atoms with Crippen LogP contribution < -0.4 is 5.32 Å². The maximum Gasteiger partial charge on any atom is 0.0446 e. The molecule has 0 saturated heterocycles. The van der Waals surface area contributed by atoms with Crippen molar-refractivity contribution in [2.75, 3.05) is 34.3 Å². The van der Waals surface area contributed by atoms with Crippen molar-refractivity contribution in [2.24, 2.45) is 0 Å². The van der Waals surface area contributed by atoms with Crippen LogP contribution in [0.5, 0.6) is 0 Å². The topological polar surface area (TPSA) is 35.5 Å². The third-order valence-corrected chi connectivity index (χ3v) is 1.47. The lowest BCUT2D eigenvalue weighted by molar-refractivity contribution is 0.247. The Hall–Kier alpha value is -0.120. The first-order valence-electron chi connectivity index (χ1n) is 3.63. The van der Waals surface area contributed by atoms with Crippen LogP contribution >= 0.6 is 0 Å². The third-order valence-electron chi connectivity index (χ3n) is 1.47. The lowest BCUT2D eigenvalue weighted by atomic mass is 10.2. The van der Waals surface area contributed by atoms with Crippen molar-refractivity contribution in [2.45, 2.75) is 12.5 Å². The van der Waals surface area contributed by atoms with E-state index in [1.54, 1.807) is 0 Å². The molecule has 62 valence electrons. The molecule has 0 spiro atoms. The van der Waals surface area contributed by atoms with Gasteiger partial charge in [-0.1, -0.05) is 0 Å². The Labute approximate surface area is 63.0 Å². The molecule has 0 aliphatic rings. The van der Waals surface area contributed by atoms with Gasteiger partial charge in [0.05, 0.1) is 0 Å². The number of hydrogen-bond acceptors (Lipinski definition) is 3. The normalized spacial score (nSPS) is 14.1. The highest BCUT2D eigenvalue weighted by atomic mass is 16.3. The van der Waals surface area contributed by atoms with Crippen LogP contribution in [0.1, 0.15) is 6.42 Å². The highest BCUT2D eigenvalue weighted by Gasteiger charge is 2.04. The number of aliphatic hydroxyl groups is 1. The molecule has 0 aliphatic heterocycles. The largest absolute Gasteiger partial charge is 0.396 e. The van der Waals surface area contributed by atoms with Crippen molar-refractivity contribution in [1.29, 1.82) is 0 Å². The molecule has 0 aromatic rings. The van der Waals surface area contributed by atoms with Gasteiger partial charge in [-0.3, -0.25) is 0 Å². The smallest absolute Gasteiger partial charge is 0.0446 e. The summed E-state index contributed by atoms with van der Waals surface area (Å²) < 4.78 is 0. The fourth-order valence-corrected chi connectivity index (χ4v) is 0.924. The number of aliphatic hydroxyl groups excluding tert-OH is 1. The Balaban J connectivity index is 3.39. The average molecular weight is 146 g/mol. The lowest BCUT2D eigenvalue weighted by Crippen LogP contribution is -2.36. The molecule has 0 bridgehead atoms. The molecular formula is C7H18N2O. The molecule has 0 aliphatic carbocycles. The van der Waals surface area contributed by atoms with Crippen molar-refractivity contribution in [3.8, 4) is 0 Å². The van der Waals surface area contributed by atoms with E-state index in [1.807, 2.05) is 21.1 Å². The van der Waals surface area contributed by atoms with Crippen LogP contribution in [-0.4, -0.2) is 50.3 Å². The molecular weight excluding hydrogens is 128 g/mol. The summed E-state index contributed by atoms with van der Waals surface area (Å²) in [7, 11) is 5.98. The molecule has 0 heterocycles. The predicted molar refractivity (Wildman–Crippen MR) is 43.1 cm³/mol. The summed E-state index contributed by atoms with van der Waals surface area (Å²) >= 11 is 0. The molecule has 1 atom stereocenters. The minimum atomic E-state index is 0.263. The summed E-state index contributed by atoms with van der Waals surface area (Å²) in [5.74, 6) is 0. The fourth-order valence-electron chi connectivity index (χ4n) is 0.924. The van der Waals surface area contributed by atoms with Crippen LogP contribution in [0, 0.1) is 0 Å². The standard InChI is InChI=1S/C7H18N2O/c1-8-7(4-5-10)6-9(2)3/h7-8,10H,4-6H2,1-3H3. The van der Waals surface area contributed by atoms with Gasteiger partial charge in [0.2, 0.25) is 0 Å². The first-order chi connectivity index (χ1) is 4.70. The molecule has 0 rings (SSSR count). The van der Waals surface area contributed by atoms with Crippen LogP contribution in [0.15, 0.2) is 0 Å².